The Balaban J connectivity index is 2.48. The first-order valence-electron chi connectivity index (χ1n) is 6.93. The Labute approximate surface area is 136 Å². The third-order valence-electron chi connectivity index (χ3n) is 3.11. The molecule has 0 unspecified atom stereocenters. The van der Waals surface area contributed by atoms with Crippen molar-refractivity contribution in [2.45, 2.75) is 32.7 Å². The van der Waals surface area contributed by atoms with Crippen LogP contribution in [-0.4, -0.2) is 32.7 Å². The lowest BCUT2D eigenvalue weighted by Gasteiger charge is -2.10. The molecule has 2 heterocycles. The summed E-state index contributed by atoms with van der Waals surface area (Å²) in [4.78, 5) is 38.4. The van der Waals surface area contributed by atoms with Crippen molar-refractivity contribution in [3.05, 3.63) is 50.0 Å². The number of esters is 1. The van der Waals surface area contributed by atoms with Gasteiger partial charge >= 0.3 is 5.97 Å². The van der Waals surface area contributed by atoms with Crippen LogP contribution in [0.25, 0.3) is 0 Å². The largest absolute Gasteiger partial charge is 0.465 e. The standard InChI is InChI=1S/C14H16N4O6/c1-14(2,3)13-15-10(16-24-13)7-17-6-8(18(21)22)5-9(11(17)19)12(20)23-4/h5-6H,7H2,1-4H3. The minimum atomic E-state index is -0.957. The fourth-order valence-electron chi connectivity index (χ4n) is 1.87. The van der Waals surface area contributed by atoms with Crippen LogP contribution >= 0.6 is 0 Å². The van der Waals surface area contributed by atoms with E-state index in [1.54, 1.807) is 0 Å². The number of ether oxygens (including phenoxy) is 1. The Morgan fingerprint density at radius 1 is 1.46 bits per heavy atom. The average Bonchev–Trinajstić information content (AvgIpc) is 2.97. The molecule has 0 aliphatic rings. The number of nitro groups is 1. The maximum Gasteiger partial charge on any atom is 0.343 e. The molecule has 10 heteroatoms. The van der Waals surface area contributed by atoms with E-state index in [1.807, 2.05) is 20.8 Å². The molecule has 24 heavy (non-hydrogen) atoms. The lowest BCUT2D eigenvalue weighted by atomic mass is 9.97. The van der Waals surface area contributed by atoms with Crippen LogP contribution in [0.1, 0.15) is 42.8 Å². The second kappa shape index (κ2) is 6.22. The number of aromatic nitrogens is 3. The van der Waals surface area contributed by atoms with E-state index < -0.39 is 27.7 Å². The second-order valence-electron chi connectivity index (χ2n) is 6.06. The summed E-state index contributed by atoms with van der Waals surface area (Å²) in [5, 5.41) is 14.8. The van der Waals surface area contributed by atoms with Crippen LogP contribution in [0.5, 0.6) is 0 Å². The molecule has 128 valence electrons. The predicted octanol–water partition coefficient (Wildman–Crippen LogP) is 1.27. The summed E-state index contributed by atoms with van der Waals surface area (Å²) in [5.41, 5.74) is -1.98. The van der Waals surface area contributed by atoms with Crippen molar-refractivity contribution in [1.82, 2.24) is 14.7 Å². The van der Waals surface area contributed by atoms with Gasteiger partial charge in [0.15, 0.2) is 5.82 Å². The lowest BCUT2D eigenvalue weighted by molar-refractivity contribution is -0.385. The first kappa shape index (κ1) is 17.3. The number of nitrogens with zero attached hydrogens (tertiary/aromatic N) is 4. The smallest absolute Gasteiger partial charge is 0.343 e. The maximum absolute atomic E-state index is 12.3. The molecule has 0 saturated carbocycles. The SMILES string of the molecule is COC(=O)c1cc([N+](=O)[O-])cn(Cc2noc(C(C)(C)C)n2)c1=O. The van der Waals surface area contributed by atoms with Gasteiger partial charge in [0.25, 0.3) is 11.2 Å². The Morgan fingerprint density at radius 2 is 2.12 bits per heavy atom. The van der Waals surface area contributed by atoms with Gasteiger partial charge in [0.1, 0.15) is 5.56 Å². The molecule has 0 aliphatic carbocycles. The number of methoxy groups -OCH3 is 1. The predicted molar refractivity (Wildman–Crippen MR) is 80.8 cm³/mol. The fraction of sp³-hybridized carbons (Fsp3) is 0.429. The average molecular weight is 336 g/mol. The molecule has 0 radical (unpaired) electrons. The van der Waals surface area contributed by atoms with E-state index in [0.29, 0.717) is 5.89 Å². The number of pyridine rings is 1. The topological polar surface area (TPSA) is 130 Å². The molecule has 0 amide bonds. The van der Waals surface area contributed by atoms with E-state index in [-0.39, 0.29) is 17.8 Å². The summed E-state index contributed by atoms with van der Waals surface area (Å²) in [5.74, 6) is -0.427. The molecule has 0 aliphatic heterocycles. The van der Waals surface area contributed by atoms with Gasteiger partial charge in [-0.15, -0.1) is 0 Å². The Kier molecular flexibility index (Phi) is 4.49. The summed E-state index contributed by atoms with van der Waals surface area (Å²) in [7, 11) is 1.08. The second-order valence-corrected chi connectivity index (χ2v) is 6.06. The van der Waals surface area contributed by atoms with Gasteiger partial charge in [-0.25, -0.2) is 4.79 Å². The highest BCUT2D eigenvalue weighted by Gasteiger charge is 2.23. The summed E-state index contributed by atoms with van der Waals surface area (Å²) >= 11 is 0. The molecule has 0 spiro atoms. The van der Waals surface area contributed by atoms with Crippen molar-refractivity contribution >= 4 is 11.7 Å². The minimum Gasteiger partial charge on any atom is -0.465 e. The zero-order chi connectivity index (χ0) is 18.1. The number of hydrogen-bond acceptors (Lipinski definition) is 8. The quantitative estimate of drug-likeness (QED) is 0.463. The van der Waals surface area contributed by atoms with Crippen molar-refractivity contribution in [2.75, 3.05) is 7.11 Å². The number of hydrogen-bond donors (Lipinski definition) is 0. The summed E-state index contributed by atoms with van der Waals surface area (Å²) in [6.07, 6.45) is 1.02. The highest BCUT2D eigenvalue weighted by molar-refractivity contribution is 5.89. The van der Waals surface area contributed by atoms with Gasteiger partial charge in [-0.05, 0) is 0 Å². The number of carbonyl (C=O) groups excluding carboxylic acids is 1. The Bertz CT molecular complexity index is 846. The summed E-state index contributed by atoms with van der Waals surface area (Å²) < 4.78 is 10.6. The maximum atomic E-state index is 12.3. The molecule has 0 bridgehead atoms. The van der Waals surface area contributed by atoms with Crippen molar-refractivity contribution in [3.8, 4) is 0 Å². The highest BCUT2D eigenvalue weighted by Crippen LogP contribution is 2.20. The van der Waals surface area contributed by atoms with E-state index in [0.717, 1.165) is 23.9 Å². The van der Waals surface area contributed by atoms with E-state index in [4.69, 9.17) is 4.52 Å². The van der Waals surface area contributed by atoms with E-state index in [9.17, 15) is 19.7 Å². The van der Waals surface area contributed by atoms with Gasteiger partial charge in [0.2, 0.25) is 5.89 Å². The highest BCUT2D eigenvalue weighted by atomic mass is 16.6. The molecule has 0 saturated heterocycles. The number of carbonyl (C=O) groups is 1. The first-order chi connectivity index (χ1) is 11.1. The van der Waals surface area contributed by atoms with Crippen LogP contribution in [0.2, 0.25) is 0 Å². The minimum absolute atomic E-state index is 0.165. The molecule has 0 aromatic carbocycles. The third kappa shape index (κ3) is 3.47. The van der Waals surface area contributed by atoms with Crippen molar-refractivity contribution in [3.63, 3.8) is 0 Å². The van der Waals surface area contributed by atoms with Gasteiger partial charge in [-0.2, -0.15) is 4.98 Å². The Hall–Kier alpha value is -3.04. The van der Waals surface area contributed by atoms with Crippen LogP contribution in [0.3, 0.4) is 0 Å². The summed E-state index contributed by atoms with van der Waals surface area (Å²) in [6.45, 7) is 5.45. The Morgan fingerprint density at radius 3 is 2.62 bits per heavy atom. The van der Waals surface area contributed by atoms with E-state index in [2.05, 4.69) is 14.9 Å². The monoisotopic (exact) mass is 336 g/mol. The molecule has 0 fully saturated rings. The van der Waals surface area contributed by atoms with Crippen molar-refractivity contribution < 1.29 is 19.0 Å². The zero-order valence-corrected chi connectivity index (χ0v) is 13.6. The van der Waals surface area contributed by atoms with Gasteiger partial charge < -0.3 is 13.8 Å². The molecule has 2 rings (SSSR count). The molecular weight excluding hydrogens is 320 g/mol. The van der Waals surface area contributed by atoms with Crippen molar-refractivity contribution in [2.24, 2.45) is 0 Å². The molecule has 2 aromatic heterocycles. The molecule has 0 N–H and O–H groups in total. The van der Waals surface area contributed by atoms with Crippen LogP contribution < -0.4 is 5.56 Å². The zero-order valence-electron chi connectivity index (χ0n) is 13.6. The van der Waals surface area contributed by atoms with Crippen LogP contribution in [0, 0.1) is 10.1 Å². The number of rotatable bonds is 4. The van der Waals surface area contributed by atoms with Crippen LogP contribution in [0.15, 0.2) is 21.6 Å². The van der Waals surface area contributed by atoms with E-state index in [1.165, 1.54) is 0 Å². The van der Waals surface area contributed by atoms with Crippen LogP contribution in [0.4, 0.5) is 5.69 Å². The van der Waals surface area contributed by atoms with Gasteiger partial charge in [-0.3, -0.25) is 14.9 Å². The van der Waals surface area contributed by atoms with Gasteiger partial charge in [0.05, 0.1) is 24.8 Å². The lowest BCUT2D eigenvalue weighted by Crippen LogP contribution is -2.27. The normalized spacial score (nSPS) is 11.3. The molecular formula is C14H16N4O6. The molecule has 0 atom stereocenters. The molecule has 2 aromatic rings. The van der Waals surface area contributed by atoms with Crippen LogP contribution in [-0.2, 0) is 16.7 Å². The van der Waals surface area contributed by atoms with E-state index >= 15 is 0 Å². The fourth-order valence-corrected chi connectivity index (χ4v) is 1.87. The summed E-state index contributed by atoms with van der Waals surface area (Å²) in [6, 6.07) is 0.876. The third-order valence-corrected chi connectivity index (χ3v) is 3.11. The van der Waals surface area contributed by atoms with Gasteiger partial charge in [0, 0.05) is 11.5 Å². The first-order valence-corrected chi connectivity index (χ1v) is 6.93. The molecule has 10 nitrogen and oxygen atoms in total. The van der Waals surface area contributed by atoms with Gasteiger partial charge in [-0.1, -0.05) is 25.9 Å². The van der Waals surface area contributed by atoms with Crippen molar-refractivity contribution in [1.29, 1.82) is 0 Å².